The molecule has 0 aromatic heterocycles. The molecule has 0 atom stereocenters. The number of nitrogens with one attached hydrogen (secondary N) is 4. The van der Waals surface area contributed by atoms with Crippen LogP contribution in [0, 0.1) is 5.92 Å². The lowest BCUT2D eigenvalue weighted by molar-refractivity contribution is -0.136. The van der Waals surface area contributed by atoms with E-state index in [1.54, 1.807) is 43.3 Å². The summed E-state index contributed by atoms with van der Waals surface area (Å²) >= 11 is 13.5. The maximum atomic E-state index is 12.0. The third kappa shape index (κ3) is 15.6. The van der Waals surface area contributed by atoms with E-state index in [9.17, 15) is 28.8 Å². The number of carbonyl (C=O) groups excluding carboxylic acids is 4. The Kier molecular flexibility index (Phi) is 18.7. The number of hydrogen-bond donors (Lipinski definition) is 6. The monoisotopic (exact) mass is 1040 g/mol. The molecule has 4 aromatic carbocycles. The van der Waals surface area contributed by atoms with Crippen molar-refractivity contribution in [1.82, 2.24) is 10.6 Å². The molecule has 0 radical (unpaired) electrons. The molecular formula is C39H38Br4N4O10. The molecule has 4 amide bonds. The molecule has 6 N–H and O–H groups in total. The van der Waals surface area contributed by atoms with Crippen molar-refractivity contribution in [3.05, 3.63) is 113 Å². The first-order valence-corrected chi connectivity index (χ1v) is 20.2. The fourth-order valence-corrected chi connectivity index (χ4v) is 7.33. The summed E-state index contributed by atoms with van der Waals surface area (Å²) in [7, 11) is 0. The van der Waals surface area contributed by atoms with Gasteiger partial charge < -0.3 is 41.0 Å². The Morgan fingerprint density at radius 1 is 0.614 bits per heavy atom. The third-order valence-corrected chi connectivity index (χ3v) is 9.69. The van der Waals surface area contributed by atoms with Crippen LogP contribution in [0.1, 0.15) is 59.0 Å². The SMILES string of the molecule is CC(C)C(=O)Nc1cccc(COc2c(Br)cc(C(=O)NCC(=O)O)cc2Br)c1.CCC(=O)Nc1cccc(COc2c(Br)cc(C(=O)NCC(=O)O)cc2Br)c1. The first-order valence-electron chi connectivity index (χ1n) is 17.0. The lowest BCUT2D eigenvalue weighted by Crippen LogP contribution is -2.29. The first kappa shape index (κ1) is 46.6. The minimum atomic E-state index is -1.12. The van der Waals surface area contributed by atoms with E-state index in [4.69, 9.17) is 19.7 Å². The van der Waals surface area contributed by atoms with Gasteiger partial charge in [0.1, 0.15) is 37.8 Å². The Balaban J connectivity index is 0.000000306. The largest absolute Gasteiger partial charge is 0.487 e. The fraction of sp³-hybridized carbons (Fsp3) is 0.231. The molecule has 0 fully saturated rings. The van der Waals surface area contributed by atoms with Gasteiger partial charge in [0.05, 0.1) is 17.9 Å². The summed E-state index contributed by atoms with van der Waals surface area (Å²) in [4.78, 5) is 68.5. The average molecular weight is 1040 g/mol. The summed E-state index contributed by atoms with van der Waals surface area (Å²) in [6.07, 6.45) is 0.396. The van der Waals surface area contributed by atoms with Gasteiger partial charge in [-0.05, 0) is 123 Å². The number of aliphatic carboxylic acids is 2. The highest BCUT2D eigenvalue weighted by Crippen LogP contribution is 2.36. The second-order valence-corrected chi connectivity index (χ2v) is 15.6. The molecule has 0 unspecified atom stereocenters. The average Bonchev–Trinajstić information content (AvgIpc) is 3.15. The van der Waals surface area contributed by atoms with Crippen molar-refractivity contribution in [2.45, 2.75) is 40.4 Å². The van der Waals surface area contributed by atoms with E-state index in [0.717, 1.165) is 11.1 Å². The summed E-state index contributed by atoms with van der Waals surface area (Å²) < 4.78 is 13.9. The van der Waals surface area contributed by atoms with E-state index in [-0.39, 0.29) is 42.1 Å². The molecule has 0 saturated heterocycles. The number of halogens is 4. The van der Waals surface area contributed by atoms with Crippen LogP contribution >= 0.6 is 63.7 Å². The first-order chi connectivity index (χ1) is 27.0. The van der Waals surface area contributed by atoms with E-state index in [2.05, 4.69) is 85.0 Å². The highest BCUT2D eigenvalue weighted by atomic mass is 79.9. The smallest absolute Gasteiger partial charge is 0.322 e. The Morgan fingerprint density at radius 2 is 1.00 bits per heavy atom. The van der Waals surface area contributed by atoms with E-state index < -0.39 is 36.8 Å². The number of carbonyl (C=O) groups is 6. The van der Waals surface area contributed by atoms with Gasteiger partial charge in [-0.3, -0.25) is 28.8 Å². The lowest BCUT2D eigenvalue weighted by atomic mass is 10.1. The van der Waals surface area contributed by atoms with Gasteiger partial charge in [0.15, 0.2) is 0 Å². The van der Waals surface area contributed by atoms with Crippen LogP contribution in [-0.2, 0) is 32.4 Å². The van der Waals surface area contributed by atoms with Crippen LogP contribution < -0.4 is 30.7 Å². The van der Waals surface area contributed by atoms with Gasteiger partial charge in [-0.2, -0.15) is 0 Å². The van der Waals surface area contributed by atoms with Crippen molar-refractivity contribution in [1.29, 1.82) is 0 Å². The predicted molar refractivity (Wildman–Crippen MR) is 228 cm³/mol. The number of anilines is 2. The fourth-order valence-electron chi connectivity index (χ4n) is 4.50. The summed E-state index contributed by atoms with van der Waals surface area (Å²) in [6.45, 7) is 4.99. The third-order valence-electron chi connectivity index (χ3n) is 7.34. The van der Waals surface area contributed by atoms with Gasteiger partial charge in [0, 0.05) is 34.8 Å². The maximum absolute atomic E-state index is 12.0. The zero-order valence-corrected chi connectivity index (χ0v) is 37.1. The maximum Gasteiger partial charge on any atom is 0.322 e. The second kappa shape index (κ2) is 22.8. The van der Waals surface area contributed by atoms with E-state index in [0.29, 0.717) is 47.2 Å². The molecule has 0 spiro atoms. The molecule has 0 aliphatic carbocycles. The van der Waals surface area contributed by atoms with Crippen LogP contribution in [-0.4, -0.2) is 58.9 Å². The number of hydrogen-bond acceptors (Lipinski definition) is 8. The summed E-state index contributed by atoms with van der Waals surface area (Å²) in [6, 6.07) is 20.9. The van der Waals surface area contributed by atoms with Crippen LogP contribution in [0.5, 0.6) is 11.5 Å². The van der Waals surface area contributed by atoms with Crippen LogP contribution in [0.3, 0.4) is 0 Å². The molecular weight excluding hydrogens is 1000 g/mol. The molecule has 0 aliphatic heterocycles. The van der Waals surface area contributed by atoms with Crippen LogP contribution in [0.15, 0.2) is 90.7 Å². The molecule has 57 heavy (non-hydrogen) atoms. The van der Waals surface area contributed by atoms with Gasteiger partial charge in [-0.1, -0.05) is 45.0 Å². The summed E-state index contributed by atoms with van der Waals surface area (Å²) in [5.41, 5.74) is 3.67. The Hall–Kier alpha value is -4.78. The Labute approximate surface area is 362 Å². The number of ether oxygens (including phenoxy) is 2. The molecule has 14 nitrogen and oxygen atoms in total. The van der Waals surface area contributed by atoms with Crippen molar-refractivity contribution in [2.75, 3.05) is 23.7 Å². The predicted octanol–water partition coefficient (Wildman–Crippen LogP) is 8.15. The molecule has 0 aliphatic rings. The number of amides is 4. The standard InChI is InChI=1S/C20H20Br2N2O5.C19H18Br2N2O5/c1-11(2)19(27)24-14-5-3-4-12(6-14)10-29-18-15(21)7-13(8-16(18)22)20(28)23-9-17(25)26;1-2-16(24)23-13-5-3-4-11(6-13)10-28-18-14(20)7-12(8-15(18)21)19(27)22-9-17(25)26/h3-8,11H,9-10H2,1-2H3,(H,23,28)(H,24,27)(H,25,26);3-8H,2,9-10H2,1H3,(H,22,27)(H,23,24)(H,25,26). The zero-order valence-electron chi connectivity index (χ0n) is 30.7. The van der Waals surface area contributed by atoms with Crippen molar-refractivity contribution >= 4 is 111 Å². The normalized spacial score (nSPS) is 10.4. The van der Waals surface area contributed by atoms with Crippen molar-refractivity contribution in [2.24, 2.45) is 5.92 Å². The van der Waals surface area contributed by atoms with Crippen molar-refractivity contribution < 1.29 is 48.5 Å². The van der Waals surface area contributed by atoms with Gasteiger partial charge in [-0.25, -0.2) is 0 Å². The summed E-state index contributed by atoms with van der Waals surface area (Å²) in [5.74, 6) is -2.51. The molecule has 0 saturated carbocycles. The van der Waals surface area contributed by atoms with Gasteiger partial charge in [-0.15, -0.1) is 0 Å². The van der Waals surface area contributed by atoms with Crippen LogP contribution in [0.25, 0.3) is 0 Å². The van der Waals surface area contributed by atoms with E-state index in [1.165, 1.54) is 0 Å². The number of carboxylic acids is 2. The van der Waals surface area contributed by atoms with Gasteiger partial charge >= 0.3 is 11.9 Å². The number of benzene rings is 4. The summed E-state index contributed by atoms with van der Waals surface area (Å²) in [5, 5.41) is 27.5. The lowest BCUT2D eigenvalue weighted by Gasteiger charge is -2.13. The van der Waals surface area contributed by atoms with Gasteiger partial charge in [0.2, 0.25) is 11.8 Å². The molecule has 0 bridgehead atoms. The molecule has 4 aromatic rings. The van der Waals surface area contributed by atoms with Crippen LogP contribution in [0.2, 0.25) is 0 Å². The van der Waals surface area contributed by atoms with Crippen molar-refractivity contribution in [3.63, 3.8) is 0 Å². The molecule has 302 valence electrons. The molecule has 18 heteroatoms. The second-order valence-electron chi connectivity index (χ2n) is 12.2. The molecule has 0 heterocycles. The highest BCUT2D eigenvalue weighted by molar-refractivity contribution is 9.11. The Morgan fingerprint density at radius 3 is 1.35 bits per heavy atom. The minimum Gasteiger partial charge on any atom is -0.487 e. The molecule has 4 rings (SSSR count). The topological polar surface area (TPSA) is 209 Å². The highest BCUT2D eigenvalue weighted by Gasteiger charge is 2.17. The van der Waals surface area contributed by atoms with E-state index in [1.807, 2.05) is 50.2 Å². The van der Waals surface area contributed by atoms with Gasteiger partial charge in [0.25, 0.3) is 11.8 Å². The quantitative estimate of drug-likeness (QED) is 0.0635. The van der Waals surface area contributed by atoms with Crippen molar-refractivity contribution in [3.8, 4) is 11.5 Å². The number of rotatable bonds is 16. The van der Waals surface area contributed by atoms with E-state index >= 15 is 0 Å². The minimum absolute atomic E-state index is 0.0645. The Bertz CT molecular complexity index is 2080. The zero-order chi connectivity index (χ0) is 42.2. The number of carboxylic acid groups (broad SMARTS) is 2. The van der Waals surface area contributed by atoms with Crippen LogP contribution in [0.4, 0.5) is 11.4 Å².